The van der Waals surface area contributed by atoms with Gasteiger partial charge in [0.1, 0.15) is 5.75 Å². The van der Waals surface area contributed by atoms with Gasteiger partial charge in [0.05, 0.1) is 0 Å². The summed E-state index contributed by atoms with van der Waals surface area (Å²) in [7, 11) is 0. The van der Waals surface area contributed by atoms with Crippen molar-refractivity contribution in [1.82, 2.24) is 0 Å². The van der Waals surface area contributed by atoms with Crippen LogP contribution in [0.4, 0.5) is 5.69 Å². The van der Waals surface area contributed by atoms with Crippen LogP contribution >= 0.6 is 11.8 Å². The molecular weight excluding hydrogens is 278 g/mol. The largest absolute Gasteiger partial charge is 0.508 e. The molecule has 0 aromatic heterocycles. The average molecular weight is 295 g/mol. The fourth-order valence-electron chi connectivity index (χ4n) is 2.43. The van der Waals surface area contributed by atoms with Crippen LogP contribution in [-0.4, -0.2) is 11.4 Å². The molecule has 0 fully saturated rings. The van der Waals surface area contributed by atoms with Crippen LogP contribution in [0.15, 0.2) is 65.6 Å². The number of phenolic OH excluding ortho intramolecular Hbond substituents is 1. The monoisotopic (exact) mass is 295 g/mol. The molecule has 0 saturated heterocycles. The summed E-state index contributed by atoms with van der Waals surface area (Å²) in [6, 6.07) is 20.1. The Morgan fingerprint density at radius 2 is 1.86 bits per heavy atom. The van der Waals surface area contributed by atoms with Crippen molar-refractivity contribution in [3.8, 4) is 5.75 Å². The second-order valence-electron chi connectivity index (χ2n) is 4.87. The summed E-state index contributed by atoms with van der Waals surface area (Å²) in [5, 5.41) is 15.8. The van der Waals surface area contributed by atoms with Gasteiger partial charge in [-0.2, -0.15) is 0 Å². The number of hydrogen-bond donors (Lipinski definition) is 2. The highest BCUT2D eigenvalue weighted by molar-refractivity contribution is 7.98. The first kappa shape index (κ1) is 13.8. The van der Waals surface area contributed by atoms with Crippen LogP contribution in [0.25, 0.3) is 10.8 Å². The molecule has 2 N–H and O–H groups in total. The molecule has 0 aliphatic carbocycles. The number of anilines is 1. The molecule has 0 radical (unpaired) electrons. The van der Waals surface area contributed by atoms with E-state index in [1.807, 2.05) is 36.4 Å². The number of thioether (sulfide) groups is 1. The lowest BCUT2D eigenvalue weighted by molar-refractivity contribution is 0.470. The minimum absolute atomic E-state index is 0.335. The quantitative estimate of drug-likeness (QED) is 0.673. The summed E-state index contributed by atoms with van der Waals surface area (Å²) in [6.07, 6.45) is 2.07. The highest BCUT2D eigenvalue weighted by Gasteiger charge is 2.06. The molecule has 21 heavy (non-hydrogen) atoms. The van der Waals surface area contributed by atoms with E-state index < -0.39 is 0 Å². The van der Waals surface area contributed by atoms with Gasteiger partial charge in [-0.05, 0) is 41.3 Å². The summed E-state index contributed by atoms with van der Waals surface area (Å²) in [4.78, 5) is 1.22. The standard InChI is InChI=1S/C18H17NOS/c1-21-15-7-4-6-14(11-15)19-12-17-16-8-3-2-5-13(16)9-10-18(17)20/h2-11,19-20H,12H2,1H3. The Morgan fingerprint density at radius 3 is 2.71 bits per heavy atom. The van der Waals surface area contributed by atoms with Crippen molar-refractivity contribution in [3.63, 3.8) is 0 Å². The number of fused-ring (bicyclic) bond motifs is 1. The lowest BCUT2D eigenvalue weighted by atomic mass is 10.0. The first-order chi connectivity index (χ1) is 10.3. The first-order valence-corrected chi connectivity index (χ1v) is 8.08. The van der Waals surface area contributed by atoms with E-state index in [1.54, 1.807) is 17.8 Å². The molecule has 3 aromatic carbocycles. The second-order valence-corrected chi connectivity index (χ2v) is 5.75. The number of hydrogen-bond acceptors (Lipinski definition) is 3. The fourth-order valence-corrected chi connectivity index (χ4v) is 2.89. The fraction of sp³-hybridized carbons (Fsp3) is 0.111. The summed E-state index contributed by atoms with van der Waals surface area (Å²) in [5.41, 5.74) is 2.00. The molecule has 0 atom stereocenters. The number of phenols is 1. The molecule has 0 bridgehead atoms. The Morgan fingerprint density at radius 1 is 1.00 bits per heavy atom. The first-order valence-electron chi connectivity index (χ1n) is 6.85. The van der Waals surface area contributed by atoms with Crippen LogP contribution in [-0.2, 0) is 6.54 Å². The van der Waals surface area contributed by atoms with Crippen molar-refractivity contribution in [3.05, 3.63) is 66.2 Å². The molecule has 0 spiro atoms. The van der Waals surface area contributed by atoms with Crippen molar-refractivity contribution in [1.29, 1.82) is 0 Å². The molecule has 0 unspecified atom stereocenters. The van der Waals surface area contributed by atoms with Crippen LogP contribution in [0.3, 0.4) is 0 Å². The van der Waals surface area contributed by atoms with Crippen molar-refractivity contribution < 1.29 is 5.11 Å². The van der Waals surface area contributed by atoms with Gasteiger partial charge in [0.15, 0.2) is 0 Å². The Hall–Kier alpha value is -2.13. The summed E-state index contributed by atoms with van der Waals surface area (Å²) in [6.45, 7) is 0.602. The average Bonchev–Trinajstić information content (AvgIpc) is 2.54. The summed E-state index contributed by atoms with van der Waals surface area (Å²) < 4.78 is 0. The third kappa shape index (κ3) is 2.98. The molecule has 106 valence electrons. The van der Waals surface area contributed by atoms with Crippen molar-refractivity contribution in [2.45, 2.75) is 11.4 Å². The Bertz CT molecular complexity index is 770. The van der Waals surface area contributed by atoms with Crippen LogP contribution in [0, 0.1) is 0 Å². The summed E-state index contributed by atoms with van der Waals surface area (Å²) >= 11 is 1.72. The van der Waals surface area contributed by atoms with E-state index >= 15 is 0 Å². The zero-order valence-corrected chi connectivity index (χ0v) is 12.7. The molecular formula is C18H17NOS. The predicted octanol–water partition coefficient (Wildman–Crippen LogP) is 4.88. The molecule has 3 aromatic rings. The van der Waals surface area contributed by atoms with Crippen LogP contribution < -0.4 is 5.32 Å². The van der Waals surface area contributed by atoms with Gasteiger partial charge in [0.25, 0.3) is 0 Å². The van der Waals surface area contributed by atoms with E-state index in [2.05, 4.69) is 29.8 Å². The molecule has 0 amide bonds. The van der Waals surface area contributed by atoms with Gasteiger partial charge in [-0.15, -0.1) is 11.8 Å². The lowest BCUT2D eigenvalue weighted by Crippen LogP contribution is -2.00. The minimum Gasteiger partial charge on any atom is -0.508 e. The maximum absolute atomic E-state index is 10.1. The Kier molecular flexibility index (Phi) is 4.02. The Balaban J connectivity index is 1.89. The molecule has 0 heterocycles. The number of nitrogens with one attached hydrogen (secondary N) is 1. The molecule has 3 heteroatoms. The van der Waals surface area contributed by atoms with Crippen LogP contribution in [0.1, 0.15) is 5.56 Å². The second kappa shape index (κ2) is 6.10. The SMILES string of the molecule is CSc1cccc(NCc2c(O)ccc3ccccc23)c1. The molecule has 3 rings (SSSR count). The molecule has 0 saturated carbocycles. The van der Waals surface area contributed by atoms with Gasteiger partial charge in [-0.3, -0.25) is 0 Å². The zero-order chi connectivity index (χ0) is 14.7. The predicted molar refractivity (Wildman–Crippen MR) is 91.2 cm³/mol. The van der Waals surface area contributed by atoms with Gasteiger partial charge < -0.3 is 10.4 Å². The highest BCUT2D eigenvalue weighted by atomic mass is 32.2. The van der Waals surface area contributed by atoms with E-state index in [0.29, 0.717) is 12.3 Å². The third-order valence-corrected chi connectivity index (χ3v) is 4.28. The summed E-state index contributed by atoms with van der Waals surface area (Å²) in [5.74, 6) is 0.335. The third-order valence-electron chi connectivity index (χ3n) is 3.55. The minimum atomic E-state index is 0.335. The van der Waals surface area contributed by atoms with Crippen molar-refractivity contribution >= 4 is 28.2 Å². The molecule has 2 nitrogen and oxygen atoms in total. The van der Waals surface area contributed by atoms with Gasteiger partial charge in [0, 0.05) is 22.7 Å². The van der Waals surface area contributed by atoms with Crippen LogP contribution in [0.5, 0.6) is 5.75 Å². The molecule has 0 aliphatic heterocycles. The zero-order valence-electron chi connectivity index (χ0n) is 11.8. The molecule has 0 aliphatic rings. The van der Waals surface area contributed by atoms with E-state index in [1.165, 1.54) is 4.90 Å². The topological polar surface area (TPSA) is 32.3 Å². The van der Waals surface area contributed by atoms with E-state index in [-0.39, 0.29) is 0 Å². The van der Waals surface area contributed by atoms with Crippen molar-refractivity contribution in [2.24, 2.45) is 0 Å². The normalized spacial score (nSPS) is 10.7. The number of aromatic hydroxyl groups is 1. The number of benzene rings is 3. The van der Waals surface area contributed by atoms with Gasteiger partial charge in [-0.1, -0.05) is 36.4 Å². The van der Waals surface area contributed by atoms with Gasteiger partial charge in [0.2, 0.25) is 0 Å². The smallest absolute Gasteiger partial charge is 0.121 e. The van der Waals surface area contributed by atoms with Gasteiger partial charge in [-0.25, -0.2) is 0 Å². The van der Waals surface area contributed by atoms with Crippen LogP contribution in [0.2, 0.25) is 0 Å². The van der Waals surface area contributed by atoms with E-state index in [4.69, 9.17) is 0 Å². The maximum Gasteiger partial charge on any atom is 0.121 e. The van der Waals surface area contributed by atoms with Crippen molar-refractivity contribution in [2.75, 3.05) is 11.6 Å². The lowest BCUT2D eigenvalue weighted by Gasteiger charge is -2.12. The maximum atomic E-state index is 10.1. The van der Waals surface area contributed by atoms with E-state index in [0.717, 1.165) is 22.0 Å². The highest BCUT2D eigenvalue weighted by Crippen LogP contribution is 2.28. The number of rotatable bonds is 4. The van der Waals surface area contributed by atoms with Gasteiger partial charge >= 0.3 is 0 Å². The Labute approximate surface area is 128 Å². The van der Waals surface area contributed by atoms with E-state index in [9.17, 15) is 5.11 Å².